The number of nitrogens with one attached hydrogen (secondary N) is 2. The zero-order valence-electron chi connectivity index (χ0n) is 37.7. The Bertz CT molecular complexity index is 2410. The molecule has 7 rings (SSSR count). The molecule has 330 valence electrons. The lowest BCUT2D eigenvalue weighted by atomic mass is 9.71. The molecule has 3 atom stereocenters. The van der Waals surface area contributed by atoms with Crippen molar-refractivity contribution in [2.75, 3.05) is 26.8 Å². The van der Waals surface area contributed by atoms with Crippen LogP contribution < -0.4 is 5.32 Å². The largest absolute Gasteiger partial charge is 0.465 e. The van der Waals surface area contributed by atoms with E-state index in [9.17, 15) is 19.5 Å². The van der Waals surface area contributed by atoms with Gasteiger partial charge in [-0.15, -0.1) is 0 Å². The number of benzene rings is 3. The summed E-state index contributed by atoms with van der Waals surface area (Å²) in [6.07, 6.45) is 5.33. The van der Waals surface area contributed by atoms with Gasteiger partial charge in [-0.2, -0.15) is 0 Å². The topological polar surface area (TPSA) is 155 Å². The third-order valence-electron chi connectivity index (χ3n) is 12.8. The number of carbonyl (C=O) groups excluding carboxylic acids is 2. The minimum atomic E-state index is -1.33. The van der Waals surface area contributed by atoms with Gasteiger partial charge in [0.2, 0.25) is 5.91 Å². The van der Waals surface area contributed by atoms with Crippen LogP contribution in [0.15, 0.2) is 73.1 Å². The molecule has 0 saturated carbocycles. The predicted octanol–water partition coefficient (Wildman–Crippen LogP) is 10.1. The lowest BCUT2D eigenvalue weighted by Gasteiger charge is -2.46. The Hall–Kier alpha value is -5.47. The van der Waals surface area contributed by atoms with Gasteiger partial charge in [0.15, 0.2) is 0 Å². The van der Waals surface area contributed by atoms with E-state index in [2.05, 4.69) is 116 Å². The average Bonchev–Trinajstić information content (AvgIpc) is 4.06. The second kappa shape index (κ2) is 17.7. The maximum atomic E-state index is 13.6. The molecular formula is C48H63N7O6Si. The Kier molecular flexibility index (Phi) is 12.7. The van der Waals surface area contributed by atoms with Gasteiger partial charge in [0, 0.05) is 45.1 Å². The van der Waals surface area contributed by atoms with Crippen molar-refractivity contribution < 1.29 is 29.0 Å². The van der Waals surface area contributed by atoms with Crippen LogP contribution in [0.1, 0.15) is 78.0 Å². The van der Waals surface area contributed by atoms with Crippen LogP contribution in [0.4, 0.5) is 9.59 Å². The number of methoxy groups -OCH3 is 1. The number of rotatable bonds is 13. The summed E-state index contributed by atoms with van der Waals surface area (Å²) in [6.45, 7) is 19.2. The van der Waals surface area contributed by atoms with Gasteiger partial charge in [-0.25, -0.2) is 19.6 Å². The Morgan fingerprint density at radius 1 is 0.952 bits per heavy atom. The molecule has 2 aliphatic rings. The van der Waals surface area contributed by atoms with Crippen LogP contribution in [0.2, 0.25) is 25.7 Å². The van der Waals surface area contributed by atoms with Gasteiger partial charge in [0.25, 0.3) is 0 Å². The highest BCUT2D eigenvalue weighted by Gasteiger charge is 2.56. The van der Waals surface area contributed by atoms with Crippen molar-refractivity contribution in [3.05, 3.63) is 84.7 Å². The number of hydrogen-bond donors (Lipinski definition) is 3. The highest BCUT2D eigenvalue weighted by Crippen LogP contribution is 2.51. The number of likely N-dealkylation sites (tertiary alicyclic amines) is 2. The number of aromatic nitrogens is 4. The van der Waals surface area contributed by atoms with Gasteiger partial charge in [-0.1, -0.05) is 103 Å². The fourth-order valence-corrected chi connectivity index (χ4v) is 10.0. The van der Waals surface area contributed by atoms with E-state index < -0.39 is 37.3 Å². The molecule has 4 heterocycles. The van der Waals surface area contributed by atoms with E-state index in [1.165, 1.54) is 7.11 Å². The van der Waals surface area contributed by atoms with Crippen molar-refractivity contribution in [1.82, 2.24) is 34.6 Å². The third kappa shape index (κ3) is 8.90. The molecule has 0 spiro atoms. The van der Waals surface area contributed by atoms with E-state index in [1.807, 2.05) is 31.1 Å². The molecule has 13 nitrogen and oxygen atoms in total. The van der Waals surface area contributed by atoms with Crippen molar-refractivity contribution in [1.29, 1.82) is 0 Å². The molecule has 3 amide bonds. The van der Waals surface area contributed by atoms with Crippen molar-refractivity contribution in [2.24, 2.45) is 11.3 Å². The maximum Gasteiger partial charge on any atom is 0.408 e. The number of fused-ring (bicyclic) bond motifs is 1. The molecule has 2 fully saturated rings. The van der Waals surface area contributed by atoms with E-state index in [0.29, 0.717) is 32.8 Å². The highest BCUT2D eigenvalue weighted by atomic mass is 28.3. The molecule has 2 saturated heterocycles. The molecule has 3 aromatic carbocycles. The minimum absolute atomic E-state index is 0.106. The maximum absolute atomic E-state index is 13.6. The molecular weight excluding hydrogens is 799 g/mol. The first-order valence-electron chi connectivity index (χ1n) is 21.9. The van der Waals surface area contributed by atoms with Gasteiger partial charge in [-0.3, -0.25) is 9.69 Å². The highest BCUT2D eigenvalue weighted by molar-refractivity contribution is 6.76. The fourth-order valence-electron chi connectivity index (χ4n) is 9.29. The van der Waals surface area contributed by atoms with E-state index in [-0.39, 0.29) is 17.9 Å². The summed E-state index contributed by atoms with van der Waals surface area (Å²) in [4.78, 5) is 55.1. The smallest absolute Gasteiger partial charge is 0.408 e. The molecule has 0 unspecified atom stereocenters. The summed E-state index contributed by atoms with van der Waals surface area (Å²) < 4.78 is 13.3. The van der Waals surface area contributed by atoms with Gasteiger partial charge in [-0.05, 0) is 77.1 Å². The first-order chi connectivity index (χ1) is 29.4. The van der Waals surface area contributed by atoms with Crippen LogP contribution in [0, 0.1) is 11.3 Å². The zero-order valence-corrected chi connectivity index (χ0v) is 38.7. The van der Waals surface area contributed by atoms with E-state index in [1.54, 1.807) is 4.90 Å². The van der Waals surface area contributed by atoms with Crippen LogP contribution >= 0.6 is 0 Å². The molecule has 0 radical (unpaired) electrons. The number of amides is 3. The fraction of sp³-hybridized carbons (Fsp3) is 0.479. The molecule has 2 aliphatic heterocycles. The Morgan fingerprint density at radius 2 is 1.61 bits per heavy atom. The van der Waals surface area contributed by atoms with Crippen LogP contribution in [-0.4, -0.2) is 93.4 Å². The SMILES string of the molecule is COC(=O)N[C@H](C(=O)N1CCC[C@H]1c1nc(-c2ccc(-c3ccc4cc(-c5cnc([C@@]6(C(C)(C)C)CCCN6C(=O)O)n5COCC[Si](C)(C)C)ccc4c3)cc2)c[nH]1)C(C)C. The van der Waals surface area contributed by atoms with Gasteiger partial charge in [0.05, 0.1) is 30.7 Å². The van der Waals surface area contributed by atoms with Crippen LogP contribution in [0.25, 0.3) is 44.4 Å². The lowest BCUT2D eigenvalue weighted by Crippen LogP contribution is -2.54. The molecule has 0 bridgehead atoms. The van der Waals surface area contributed by atoms with Gasteiger partial charge >= 0.3 is 12.2 Å². The minimum Gasteiger partial charge on any atom is -0.465 e. The Balaban J connectivity index is 1.12. The van der Waals surface area contributed by atoms with Gasteiger partial charge < -0.3 is 34.3 Å². The summed E-state index contributed by atoms with van der Waals surface area (Å²) in [5.41, 5.74) is 4.60. The quantitative estimate of drug-likeness (QED) is 0.0781. The number of H-pyrrole nitrogens is 1. The predicted molar refractivity (Wildman–Crippen MR) is 245 cm³/mol. The summed E-state index contributed by atoms with van der Waals surface area (Å²) in [5, 5.41) is 15.3. The molecule has 2 aromatic heterocycles. The van der Waals surface area contributed by atoms with Crippen LogP contribution in [0.5, 0.6) is 0 Å². The summed E-state index contributed by atoms with van der Waals surface area (Å²) >= 11 is 0. The van der Waals surface area contributed by atoms with Crippen molar-refractivity contribution in [3.63, 3.8) is 0 Å². The first-order valence-corrected chi connectivity index (χ1v) is 25.6. The second-order valence-electron chi connectivity index (χ2n) is 19.5. The number of carbonyl (C=O) groups is 3. The Labute approximate surface area is 366 Å². The number of imidazole rings is 2. The summed E-state index contributed by atoms with van der Waals surface area (Å²) in [5.74, 6) is 1.22. The molecule has 0 aliphatic carbocycles. The summed E-state index contributed by atoms with van der Waals surface area (Å²) in [6, 6.07) is 21.4. The molecule has 14 heteroatoms. The normalized spacial score (nSPS) is 18.8. The van der Waals surface area contributed by atoms with E-state index in [0.717, 1.165) is 81.4 Å². The number of ether oxygens (including phenoxy) is 2. The Morgan fingerprint density at radius 3 is 2.26 bits per heavy atom. The second-order valence-corrected chi connectivity index (χ2v) is 25.1. The van der Waals surface area contributed by atoms with E-state index in [4.69, 9.17) is 19.4 Å². The third-order valence-corrected chi connectivity index (χ3v) is 14.5. The number of aromatic amines is 1. The van der Waals surface area contributed by atoms with Crippen LogP contribution in [0.3, 0.4) is 0 Å². The van der Waals surface area contributed by atoms with Crippen molar-refractivity contribution in [2.45, 2.75) is 110 Å². The number of nitrogens with zero attached hydrogens (tertiary/aromatic N) is 5. The zero-order chi connectivity index (χ0) is 44.6. The lowest BCUT2D eigenvalue weighted by molar-refractivity contribution is -0.135. The average molecular weight is 862 g/mol. The molecule has 62 heavy (non-hydrogen) atoms. The monoisotopic (exact) mass is 861 g/mol. The van der Waals surface area contributed by atoms with Gasteiger partial charge in [0.1, 0.15) is 30.0 Å². The van der Waals surface area contributed by atoms with Crippen molar-refractivity contribution in [3.8, 4) is 33.6 Å². The number of carboxylic acid groups (broad SMARTS) is 1. The number of hydrogen-bond acceptors (Lipinski definition) is 7. The summed E-state index contributed by atoms with van der Waals surface area (Å²) in [7, 11) is -0.0318. The van der Waals surface area contributed by atoms with Crippen molar-refractivity contribution >= 4 is 36.9 Å². The number of alkyl carbamates (subject to hydrolysis) is 1. The standard InChI is InChI=1S/C48H63N7O6Si/c1-31(2)41(52-45(57)60-6)43(56)53-22-10-12-39(53)42-49-28-38(51-42)33-15-13-32(14-16-33)34-17-18-36-27-37(20-19-35(36)26-34)40-29-50-44(54(40)30-61-24-25-62(7,8)9)48(47(3,4)5)21-11-23-55(48)46(58)59/h13-20,26-29,31,39,41H,10-12,21-25,30H2,1-9H3,(H,49,51)(H,52,57)(H,58,59)/t39-,41-,48+/m0/s1. The first kappa shape index (κ1) is 44.6. The van der Waals surface area contributed by atoms with E-state index >= 15 is 0 Å². The van der Waals surface area contributed by atoms with Crippen LogP contribution in [-0.2, 0) is 26.5 Å². The molecule has 5 aromatic rings. The molecule has 3 N–H and O–H groups in total.